The summed E-state index contributed by atoms with van der Waals surface area (Å²) in [6.45, 7) is 3.51. The maximum absolute atomic E-state index is 12.5. The van der Waals surface area contributed by atoms with Crippen molar-refractivity contribution in [2.75, 3.05) is 18.8 Å². The number of fused-ring (bicyclic) bond motifs is 1. The lowest BCUT2D eigenvalue weighted by Gasteiger charge is -2.22. The van der Waals surface area contributed by atoms with Crippen molar-refractivity contribution in [1.82, 2.24) is 4.90 Å². The molecule has 0 radical (unpaired) electrons. The van der Waals surface area contributed by atoms with Crippen LogP contribution in [0.5, 0.6) is 0 Å². The molecule has 0 saturated carbocycles. The standard InChI is InChI=1S/C15H16N2OS/c1-10-5-6-11-12(9-10)19-14(13(11)16)15(18)17-7-3-2-4-8-17/h2-3,5-6,9H,4,7-8,16H2,1H3. The van der Waals surface area contributed by atoms with Crippen LogP contribution in [0.25, 0.3) is 10.1 Å². The van der Waals surface area contributed by atoms with Crippen molar-refractivity contribution >= 4 is 33.0 Å². The van der Waals surface area contributed by atoms with Crippen molar-refractivity contribution in [2.24, 2.45) is 0 Å². The van der Waals surface area contributed by atoms with Crippen LogP contribution in [0, 0.1) is 6.92 Å². The predicted octanol–water partition coefficient (Wildman–Crippen LogP) is 3.19. The molecule has 1 amide bonds. The minimum Gasteiger partial charge on any atom is -0.397 e. The van der Waals surface area contributed by atoms with Gasteiger partial charge in [0.1, 0.15) is 4.88 Å². The van der Waals surface area contributed by atoms with E-state index in [-0.39, 0.29) is 5.91 Å². The minimum absolute atomic E-state index is 0.0562. The number of hydrogen-bond acceptors (Lipinski definition) is 3. The highest BCUT2D eigenvalue weighted by Gasteiger charge is 2.22. The number of carbonyl (C=O) groups is 1. The van der Waals surface area contributed by atoms with E-state index in [0.717, 1.165) is 23.1 Å². The summed E-state index contributed by atoms with van der Waals surface area (Å²) in [5.41, 5.74) is 7.95. The molecule has 1 aliphatic rings. The zero-order valence-corrected chi connectivity index (χ0v) is 11.7. The molecule has 2 heterocycles. The monoisotopic (exact) mass is 272 g/mol. The van der Waals surface area contributed by atoms with E-state index in [9.17, 15) is 4.79 Å². The maximum Gasteiger partial charge on any atom is 0.266 e. The molecule has 0 atom stereocenters. The van der Waals surface area contributed by atoms with Crippen molar-refractivity contribution in [3.63, 3.8) is 0 Å². The highest BCUT2D eigenvalue weighted by molar-refractivity contribution is 7.21. The first kappa shape index (κ1) is 12.2. The Hall–Kier alpha value is -1.81. The summed E-state index contributed by atoms with van der Waals surface area (Å²) in [7, 11) is 0. The van der Waals surface area contributed by atoms with E-state index in [2.05, 4.69) is 12.1 Å². The molecule has 19 heavy (non-hydrogen) atoms. The molecular weight excluding hydrogens is 256 g/mol. The van der Waals surface area contributed by atoms with Gasteiger partial charge in [-0.3, -0.25) is 4.79 Å². The molecule has 1 aromatic heterocycles. The molecule has 2 N–H and O–H groups in total. The molecule has 3 nitrogen and oxygen atoms in total. The van der Waals surface area contributed by atoms with Crippen LogP contribution in [0.1, 0.15) is 21.7 Å². The van der Waals surface area contributed by atoms with Gasteiger partial charge in [0.25, 0.3) is 5.91 Å². The van der Waals surface area contributed by atoms with Crippen molar-refractivity contribution in [2.45, 2.75) is 13.3 Å². The minimum atomic E-state index is 0.0562. The lowest BCUT2D eigenvalue weighted by Crippen LogP contribution is -2.33. The molecule has 1 aliphatic heterocycles. The summed E-state index contributed by atoms with van der Waals surface area (Å²) in [4.78, 5) is 15.0. The number of nitrogen functional groups attached to an aromatic ring is 1. The smallest absolute Gasteiger partial charge is 0.266 e. The Labute approximate surface area is 116 Å². The van der Waals surface area contributed by atoms with Crippen molar-refractivity contribution < 1.29 is 4.79 Å². The van der Waals surface area contributed by atoms with Crippen molar-refractivity contribution in [3.05, 3.63) is 40.8 Å². The molecular formula is C15H16N2OS. The van der Waals surface area contributed by atoms with Gasteiger partial charge in [-0.05, 0) is 25.0 Å². The highest BCUT2D eigenvalue weighted by Crippen LogP contribution is 2.35. The van der Waals surface area contributed by atoms with Gasteiger partial charge in [0.15, 0.2) is 0 Å². The summed E-state index contributed by atoms with van der Waals surface area (Å²) in [6, 6.07) is 6.12. The zero-order valence-electron chi connectivity index (χ0n) is 10.8. The third kappa shape index (κ3) is 2.12. The van der Waals surface area contributed by atoms with E-state index in [0.29, 0.717) is 17.1 Å². The fourth-order valence-corrected chi connectivity index (χ4v) is 3.54. The Balaban J connectivity index is 2.02. The van der Waals surface area contributed by atoms with Gasteiger partial charge in [-0.15, -0.1) is 11.3 Å². The zero-order chi connectivity index (χ0) is 13.4. The molecule has 0 aliphatic carbocycles. The number of amides is 1. The van der Waals surface area contributed by atoms with E-state index in [1.807, 2.05) is 30.0 Å². The van der Waals surface area contributed by atoms with E-state index >= 15 is 0 Å². The molecule has 0 bridgehead atoms. The Bertz CT molecular complexity index is 672. The molecule has 1 aromatic carbocycles. The first-order valence-electron chi connectivity index (χ1n) is 6.39. The van der Waals surface area contributed by atoms with Crippen LogP contribution < -0.4 is 5.73 Å². The van der Waals surface area contributed by atoms with Crippen LogP contribution in [-0.2, 0) is 0 Å². The Kier molecular flexibility index (Phi) is 3.03. The van der Waals surface area contributed by atoms with Gasteiger partial charge in [0.05, 0.1) is 5.69 Å². The van der Waals surface area contributed by atoms with Crippen LogP contribution in [0.15, 0.2) is 30.4 Å². The van der Waals surface area contributed by atoms with Gasteiger partial charge < -0.3 is 10.6 Å². The number of nitrogens with zero attached hydrogens (tertiary/aromatic N) is 1. The van der Waals surface area contributed by atoms with Crippen LogP contribution in [0.4, 0.5) is 5.69 Å². The summed E-state index contributed by atoms with van der Waals surface area (Å²) in [5.74, 6) is 0.0562. The third-order valence-electron chi connectivity index (χ3n) is 3.42. The largest absolute Gasteiger partial charge is 0.397 e. The molecule has 0 fully saturated rings. The first-order chi connectivity index (χ1) is 9.16. The second kappa shape index (κ2) is 4.70. The Morgan fingerprint density at radius 3 is 2.95 bits per heavy atom. The van der Waals surface area contributed by atoms with Gasteiger partial charge in [0, 0.05) is 23.2 Å². The summed E-state index contributed by atoms with van der Waals surface area (Å²) in [5, 5.41) is 0.992. The van der Waals surface area contributed by atoms with Crippen LogP contribution >= 0.6 is 11.3 Å². The number of benzene rings is 1. The molecule has 3 rings (SSSR count). The average Bonchev–Trinajstić information content (AvgIpc) is 2.75. The maximum atomic E-state index is 12.5. The lowest BCUT2D eigenvalue weighted by molar-refractivity contribution is 0.0777. The topological polar surface area (TPSA) is 46.3 Å². The van der Waals surface area contributed by atoms with E-state index in [4.69, 9.17) is 5.73 Å². The average molecular weight is 272 g/mol. The molecule has 0 spiro atoms. The van der Waals surface area contributed by atoms with E-state index in [1.165, 1.54) is 16.9 Å². The first-order valence-corrected chi connectivity index (χ1v) is 7.21. The Morgan fingerprint density at radius 2 is 2.21 bits per heavy atom. The fraction of sp³-hybridized carbons (Fsp3) is 0.267. The third-order valence-corrected chi connectivity index (χ3v) is 4.58. The van der Waals surface area contributed by atoms with Crippen molar-refractivity contribution in [1.29, 1.82) is 0 Å². The van der Waals surface area contributed by atoms with Gasteiger partial charge in [0.2, 0.25) is 0 Å². The van der Waals surface area contributed by atoms with Crippen LogP contribution in [0.2, 0.25) is 0 Å². The predicted molar refractivity (Wildman–Crippen MR) is 80.6 cm³/mol. The van der Waals surface area contributed by atoms with Crippen LogP contribution in [-0.4, -0.2) is 23.9 Å². The Morgan fingerprint density at radius 1 is 1.37 bits per heavy atom. The van der Waals surface area contributed by atoms with Crippen molar-refractivity contribution in [3.8, 4) is 0 Å². The SMILES string of the molecule is Cc1ccc2c(N)c(C(=O)N3CC=CCC3)sc2c1. The van der Waals surface area contributed by atoms with Gasteiger partial charge in [-0.2, -0.15) is 0 Å². The molecule has 98 valence electrons. The normalized spacial score (nSPS) is 15.1. The van der Waals surface area contributed by atoms with Gasteiger partial charge in [-0.1, -0.05) is 24.3 Å². The summed E-state index contributed by atoms with van der Waals surface area (Å²) in [6.07, 6.45) is 5.08. The second-order valence-corrected chi connectivity index (χ2v) is 5.91. The van der Waals surface area contributed by atoms with Gasteiger partial charge in [-0.25, -0.2) is 0 Å². The number of aryl methyl sites for hydroxylation is 1. The summed E-state index contributed by atoms with van der Waals surface area (Å²) >= 11 is 1.50. The number of carbonyl (C=O) groups excluding carboxylic acids is 1. The van der Waals surface area contributed by atoms with E-state index in [1.54, 1.807) is 0 Å². The molecule has 4 heteroatoms. The van der Waals surface area contributed by atoms with E-state index < -0.39 is 0 Å². The number of nitrogens with two attached hydrogens (primary N) is 1. The highest BCUT2D eigenvalue weighted by atomic mass is 32.1. The summed E-state index contributed by atoms with van der Waals surface area (Å²) < 4.78 is 1.09. The molecule has 0 saturated heterocycles. The number of thiophene rings is 1. The lowest BCUT2D eigenvalue weighted by atomic mass is 10.1. The number of rotatable bonds is 1. The fourth-order valence-electron chi connectivity index (χ4n) is 2.35. The van der Waals surface area contributed by atoms with Crippen LogP contribution in [0.3, 0.4) is 0 Å². The number of hydrogen-bond donors (Lipinski definition) is 1. The van der Waals surface area contributed by atoms with Gasteiger partial charge >= 0.3 is 0 Å². The second-order valence-electron chi connectivity index (χ2n) is 4.86. The number of anilines is 1. The molecule has 2 aromatic rings. The quantitative estimate of drug-likeness (QED) is 0.810. The molecule has 0 unspecified atom stereocenters.